The van der Waals surface area contributed by atoms with Crippen molar-refractivity contribution in [2.75, 3.05) is 0 Å². The van der Waals surface area contributed by atoms with Gasteiger partial charge in [0.15, 0.2) is 5.69 Å². The van der Waals surface area contributed by atoms with Crippen molar-refractivity contribution in [2.24, 2.45) is 0 Å². The molecule has 6 nitrogen and oxygen atoms in total. The molecule has 1 aromatic carbocycles. The van der Waals surface area contributed by atoms with Gasteiger partial charge in [-0.15, -0.1) is 0 Å². The summed E-state index contributed by atoms with van der Waals surface area (Å²) in [5, 5.41) is 10.5. The maximum atomic E-state index is 12.8. The molecule has 2 N–H and O–H groups in total. The van der Waals surface area contributed by atoms with E-state index in [0.29, 0.717) is 5.69 Å². The minimum Gasteiger partial charge on any atom is -0.352 e. The Morgan fingerprint density at radius 1 is 1.11 bits per heavy atom. The smallest absolute Gasteiger partial charge is 0.272 e. The van der Waals surface area contributed by atoms with Gasteiger partial charge in [0.1, 0.15) is 6.04 Å². The summed E-state index contributed by atoms with van der Waals surface area (Å²) in [6.45, 7) is 1.73. The number of aromatic nitrogens is 2. The van der Waals surface area contributed by atoms with E-state index in [1.54, 1.807) is 6.92 Å². The minimum atomic E-state index is -0.572. The number of nitrogens with one attached hydrogen (secondary N) is 2. The number of nitrogens with zero attached hydrogens (tertiary/aromatic N) is 2. The van der Waals surface area contributed by atoms with E-state index in [4.69, 9.17) is 0 Å². The molecule has 2 aromatic rings. The summed E-state index contributed by atoms with van der Waals surface area (Å²) >= 11 is 0. The van der Waals surface area contributed by atoms with Crippen molar-refractivity contribution in [3.05, 3.63) is 47.3 Å². The summed E-state index contributed by atoms with van der Waals surface area (Å²) in [7, 11) is 0. The van der Waals surface area contributed by atoms with Crippen LogP contribution >= 0.6 is 0 Å². The van der Waals surface area contributed by atoms with Crippen LogP contribution in [0.15, 0.2) is 30.3 Å². The van der Waals surface area contributed by atoms with Crippen molar-refractivity contribution in [3.63, 3.8) is 0 Å². The predicted molar refractivity (Wildman–Crippen MR) is 103 cm³/mol. The molecule has 27 heavy (non-hydrogen) atoms. The minimum absolute atomic E-state index is 0.116. The third-order valence-corrected chi connectivity index (χ3v) is 5.59. The number of fused-ring (bicyclic) bond motifs is 1. The molecule has 6 heteroatoms. The van der Waals surface area contributed by atoms with Gasteiger partial charge in [0.05, 0.1) is 5.69 Å². The molecule has 1 aromatic heterocycles. The lowest BCUT2D eigenvalue weighted by Crippen LogP contribution is -2.47. The highest BCUT2D eigenvalue weighted by molar-refractivity contribution is 5.97. The number of carbonyl (C=O) groups excluding carboxylic acids is 2. The van der Waals surface area contributed by atoms with Crippen LogP contribution in [0.2, 0.25) is 0 Å². The molecule has 1 heterocycles. The van der Waals surface area contributed by atoms with Crippen LogP contribution < -0.4 is 10.6 Å². The zero-order valence-corrected chi connectivity index (χ0v) is 15.7. The molecule has 2 amide bonds. The molecule has 0 radical (unpaired) electrons. The molecule has 1 saturated carbocycles. The van der Waals surface area contributed by atoms with Crippen LogP contribution in [-0.2, 0) is 17.6 Å². The SMILES string of the molecule is C[C@@H](NC(=O)c1nn(-c2ccccc2)c2c1CCC2)C(=O)NC1CCCC1. The zero-order valence-electron chi connectivity index (χ0n) is 15.7. The molecule has 1 fully saturated rings. The number of hydrogen-bond acceptors (Lipinski definition) is 3. The number of rotatable bonds is 5. The quantitative estimate of drug-likeness (QED) is 0.854. The van der Waals surface area contributed by atoms with Gasteiger partial charge in [0.2, 0.25) is 5.91 Å². The standard InChI is InChI=1S/C21H26N4O2/c1-14(20(26)23-15-8-5-6-9-15)22-21(27)19-17-12-7-13-18(17)25(24-19)16-10-3-2-4-11-16/h2-4,10-11,14-15H,5-9,12-13H2,1H3,(H,22,27)(H,23,26)/t14-/m1/s1. The van der Waals surface area contributed by atoms with E-state index in [-0.39, 0.29) is 17.9 Å². The molecule has 0 spiro atoms. The molecule has 2 aliphatic rings. The number of para-hydroxylation sites is 1. The number of carbonyl (C=O) groups is 2. The summed E-state index contributed by atoms with van der Waals surface area (Å²) < 4.78 is 1.88. The molecule has 0 saturated heterocycles. The van der Waals surface area contributed by atoms with Gasteiger partial charge in [-0.3, -0.25) is 9.59 Å². The van der Waals surface area contributed by atoms with Crippen molar-refractivity contribution in [3.8, 4) is 5.69 Å². The lowest BCUT2D eigenvalue weighted by molar-refractivity contribution is -0.123. The Bertz CT molecular complexity index is 837. The van der Waals surface area contributed by atoms with E-state index in [1.165, 1.54) is 0 Å². The summed E-state index contributed by atoms with van der Waals surface area (Å²) in [5.74, 6) is -0.383. The number of amides is 2. The lowest BCUT2D eigenvalue weighted by Gasteiger charge is -2.17. The van der Waals surface area contributed by atoms with Crippen LogP contribution in [0.3, 0.4) is 0 Å². The van der Waals surface area contributed by atoms with Crippen LogP contribution in [-0.4, -0.2) is 33.7 Å². The van der Waals surface area contributed by atoms with Crippen LogP contribution in [0.25, 0.3) is 5.69 Å². The summed E-state index contributed by atoms with van der Waals surface area (Å²) in [6.07, 6.45) is 7.18. The van der Waals surface area contributed by atoms with Gasteiger partial charge in [-0.25, -0.2) is 4.68 Å². The molecule has 4 rings (SSSR count). The van der Waals surface area contributed by atoms with E-state index in [0.717, 1.165) is 61.9 Å². The number of hydrogen-bond donors (Lipinski definition) is 2. The number of benzene rings is 1. The summed E-state index contributed by atoms with van der Waals surface area (Å²) in [4.78, 5) is 25.2. The Kier molecular flexibility index (Phi) is 4.97. The predicted octanol–water partition coefficient (Wildman–Crippen LogP) is 2.54. The van der Waals surface area contributed by atoms with Gasteiger partial charge in [0, 0.05) is 17.3 Å². The highest BCUT2D eigenvalue weighted by Gasteiger charge is 2.29. The van der Waals surface area contributed by atoms with E-state index in [9.17, 15) is 9.59 Å². The first kappa shape index (κ1) is 17.8. The van der Waals surface area contributed by atoms with E-state index < -0.39 is 6.04 Å². The Hall–Kier alpha value is -2.63. The second-order valence-corrected chi connectivity index (χ2v) is 7.56. The Balaban J connectivity index is 1.50. The van der Waals surface area contributed by atoms with Crippen LogP contribution in [0.5, 0.6) is 0 Å². The molecule has 1 atom stereocenters. The topological polar surface area (TPSA) is 76.0 Å². The van der Waals surface area contributed by atoms with Crippen molar-refractivity contribution >= 4 is 11.8 Å². The van der Waals surface area contributed by atoms with Crippen LogP contribution in [0.4, 0.5) is 0 Å². The highest BCUT2D eigenvalue weighted by Crippen LogP contribution is 2.27. The molecule has 2 aliphatic carbocycles. The first-order chi connectivity index (χ1) is 13.1. The lowest BCUT2D eigenvalue weighted by atomic mass is 10.1. The van der Waals surface area contributed by atoms with Crippen molar-refractivity contribution < 1.29 is 9.59 Å². The first-order valence-corrected chi connectivity index (χ1v) is 9.91. The maximum Gasteiger partial charge on any atom is 0.272 e. The normalized spacial score (nSPS) is 17.5. The van der Waals surface area contributed by atoms with Crippen molar-refractivity contribution in [1.29, 1.82) is 0 Å². The van der Waals surface area contributed by atoms with E-state index in [1.807, 2.05) is 35.0 Å². The molecule has 0 bridgehead atoms. The molecule has 0 aliphatic heterocycles. The second-order valence-electron chi connectivity index (χ2n) is 7.56. The van der Waals surface area contributed by atoms with Crippen LogP contribution in [0, 0.1) is 0 Å². The zero-order chi connectivity index (χ0) is 18.8. The maximum absolute atomic E-state index is 12.8. The second kappa shape index (κ2) is 7.55. The average molecular weight is 366 g/mol. The van der Waals surface area contributed by atoms with Gasteiger partial charge in [-0.2, -0.15) is 5.10 Å². The molecular weight excluding hydrogens is 340 g/mol. The van der Waals surface area contributed by atoms with Gasteiger partial charge in [-0.1, -0.05) is 31.0 Å². The average Bonchev–Trinajstić information content (AvgIpc) is 3.40. The van der Waals surface area contributed by atoms with Gasteiger partial charge >= 0.3 is 0 Å². The van der Waals surface area contributed by atoms with E-state index >= 15 is 0 Å². The largest absolute Gasteiger partial charge is 0.352 e. The fourth-order valence-corrected chi connectivity index (χ4v) is 4.13. The highest BCUT2D eigenvalue weighted by atomic mass is 16.2. The molecule has 142 valence electrons. The Morgan fingerprint density at radius 3 is 2.59 bits per heavy atom. The monoisotopic (exact) mass is 366 g/mol. The third-order valence-electron chi connectivity index (χ3n) is 5.59. The fraction of sp³-hybridized carbons (Fsp3) is 0.476. The van der Waals surface area contributed by atoms with Crippen molar-refractivity contribution in [1.82, 2.24) is 20.4 Å². The van der Waals surface area contributed by atoms with Gasteiger partial charge in [-0.05, 0) is 51.2 Å². The Morgan fingerprint density at radius 2 is 1.85 bits per heavy atom. The summed E-state index contributed by atoms with van der Waals surface area (Å²) in [5.41, 5.74) is 3.53. The first-order valence-electron chi connectivity index (χ1n) is 9.91. The van der Waals surface area contributed by atoms with Gasteiger partial charge in [0.25, 0.3) is 5.91 Å². The van der Waals surface area contributed by atoms with E-state index in [2.05, 4.69) is 15.7 Å². The van der Waals surface area contributed by atoms with Gasteiger partial charge < -0.3 is 10.6 Å². The third kappa shape index (κ3) is 3.61. The Labute approximate surface area is 159 Å². The fourth-order valence-electron chi connectivity index (χ4n) is 4.13. The van der Waals surface area contributed by atoms with Crippen molar-refractivity contribution in [2.45, 2.75) is 64.0 Å². The molecular formula is C21H26N4O2. The van der Waals surface area contributed by atoms with Crippen LogP contribution in [0.1, 0.15) is 60.8 Å². The molecule has 0 unspecified atom stereocenters. The summed E-state index contributed by atoms with van der Waals surface area (Å²) in [6, 6.07) is 9.55.